The molecule has 0 saturated carbocycles. The van der Waals surface area contributed by atoms with Crippen LogP contribution in [0, 0.1) is 0 Å². The Labute approximate surface area is 132 Å². The molecule has 0 aliphatic carbocycles. The second-order valence-corrected chi connectivity index (χ2v) is 5.43. The summed E-state index contributed by atoms with van der Waals surface area (Å²) in [7, 11) is -1.39. The van der Waals surface area contributed by atoms with Crippen LogP contribution >= 0.6 is 8.60 Å². The molecule has 2 rings (SSSR count). The lowest BCUT2D eigenvalue weighted by atomic mass is 10.2. The van der Waals surface area contributed by atoms with Crippen LogP contribution in [-0.2, 0) is 9.05 Å². The van der Waals surface area contributed by atoms with E-state index in [-0.39, 0.29) is 0 Å². The van der Waals surface area contributed by atoms with Crippen LogP contribution in [-0.4, -0.2) is 19.4 Å². The first-order valence-electron chi connectivity index (χ1n) is 7.25. The Bertz CT molecular complexity index is 583. The zero-order chi connectivity index (χ0) is 15.6. The Kier molecular flexibility index (Phi) is 7.04. The van der Waals surface area contributed by atoms with Gasteiger partial charge in [0, 0.05) is 6.21 Å². The first-order chi connectivity index (χ1) is 10.8. The molecule has 116 valence electrons. The van der Waals surface area contributed by atoms with Gasteiger partial charge in [-0.3, -0.25) is 4.99 Å². The van der Waals surface area contributed by atoms with Crippen LogP contribution in [0.1, 0.15) is 19.4 Å². The number of benzene rings is 2. The lowest BCUT2D eigenvalue weighted by Gasteiger charge is -2.16. The third-order valence-electron chi connectivity index (χ3n) is 2.66. The Balaban J connectivity index is 2.14. The fourth-order valence-corrected chi connectivity index (χ4v) is 2.62. The minimum Gasteiger partial charge on any atom is -0.424 e. The quantitative estimate of drug-likeness (QED) is 0.501. The van der Waals surface area contributed by atoms with Crippen LogP contribution in [0.3, 0.4) is 0 Å². The van der Waals surface area contributed by atoms with Crippen LogP contribution < -0.4 is 4.52 Å². The lowest BCUT2D eigenvalue weighted by Crippen LogP contribution is -1.97. The van der Waals surface area contributed by atoms with E-state index < -0.39 is 8.60 Å². The van der Waals surface area contributed by atoms with Crippen molar-refractivity contribution in [3.8, 4) is 5.75 Å². The van der Waals surface area contributed by atoms with Gasteiger partial charge in [0.15, 0.2) is 5.75 Å². The molecule has 0 aliphatic rings. The predicted molar refractivity (Wildman–Crippen MR) is 90.9 cm³/mol. The maximum atomic E-state index is 5.82. The lowest BCUT2D eigenvalue weighted by molar-refractivity contribution is 0.221. The molecule has 4 nitrogen and oxygen atoms in total. The predicted octanol–water partition coefficient (Wildman–Crippen LogP) is 5.12. The van der Waals surface area contributed by atoms with E-state index >= 15 is 0 Å². The first-order valence-corrected chi connectivity index (χ1v) is 8.35. The Morgan fingerprint density at radius 1 is 0.909 bits per heavy atom. The highest BCUT2D eigenvalue weighted by Gasteiger charge is 2.14. The highest BCUT2D eigenvalue weighted by molar-refractivity contribution is 7.42. The number of para-hydroxylation sites is 2. The second kappa shape index (κ2) is 9.31. The largest absolute Gasteiger partial charge is 0.424 e. The summed E-state index contributed by atoms with van der Waals surface area (Å²) in [6.07, 6.45) is 1.81. The van der Waals surface area contributed by atoms with Gasteiger partial charge in [0.05, 0.1) is 13.2 Å². The molecule has 2 aromatic carbocycles. The van der Waals surface area contributed by atoms with E-state index in [0.29, 0.717) is 19.0 Å². The molecule has 5 heteroatoms. The van der Waals surface area contributed by atoms with E-state index in [4.69, 9.17) is 13.6 Å². The summed E-state index contributed by atoms with van der Waals surface area (Å²) in [6, 6.07) is 17.5. The van der Waals surface area contributed by atoms with Crippen LogP contribution in [0.5, 0.6) is 5.75 Å². The van der Waals surface area contributed by atoms with Crippen molar-refractivity contribution in [1.82, 2.24) is 0 Å². The Hall–Kier alpha value is -1.74. The Morgan fingerprint density at radius 3 is 2.23 bits per heavy atom. The van der Waals surface area contributed by atoms with E-state index in [2.05, 4.69) is 4.99 Å². The molecule has 0 heterocycles. The van der Waals surface area contributed by atoms with Crippen LogP contribution in [0.15, 0.2) is 59.6 Å². The van der Waals surface area contributed by atoms with E-state index in [1.54, 1.807) is 0 Å². The van der Waals surface area contributed by atoms with Crippen molar-refractivity contribution < 1.29 is 13.6 Å². The van der Waals surface area contributed by atoms with Gasteiger partial charge in [-0.15, -0.1) is 0 Å². The minimum atomic E-state index is -1.39. The molecule has 0 spiro atoms. The minimum absolute atomic E-state index is 0.543. The molecule has 0 N–H and O–H groups in total. The van der Waals surface area contributed by atoms with Crippen molar-refractivity contribution in [3.05, 3.63) is 60.2 Å². The van der Waals surface area contributed by atoms with Gasteiger partial charge in [-0.2, -0.15) is 0 Å². The molecule has 0 fully saturated rings. The number of hydrogen-bond donors (Lipinski definition) is 0. The fraction of sp³-hybridized carbons (Fsp3) is 0.235. The van der Waals surface area contributed by atoms with Gasteiger partial charge in [0.25, 0.3) is 0 Å². The van der Waals surface area contributed by atoms with Gasteiger partial charge >= 0.3 is 8.60 Å². The maximum Gasteiger partial charge on any atom is 0.397 e. The number of hydrogen-bond acceptors (Lipinski definition) is 4. The van der Waals surface area contributed by atoms with Crippen LogP contribution in [0.2, 0.25) is 0 Å². The molecular weight excluding hydrogens is 297 g/mol. The molecule has 0 aliphatic heterocycles. The zero-order valence-corrected chi connectivity index (χ0v) is 13.7. The summed E-state index contributed by atoms with van der Waals surface area (Å²) < 4.78 is 16.8. The highest BCUT2D eigenvalue weighted by Crippen LogP contribution is 2.43. The number of rotatable bonds is 8. The molecule has 0 atom stereocenters. The fourth-order valence-electron chi connectivity index (χ4n) is 1.71. The molecule has 0 radical (unpaired) electrons. The topological polar surface area (TPSA) is 40.0 Å². The summed E-state index contributed by atoms with van der Waals surface area (Å²) in [5.74, 6) is 0.655. The van der Waals surface area contributed by atoms with E-state index in [1.165, 1.54) is 0 Å². The second-order valence-electron chi connectivity index (χ2n) is 4.29. The molecule has 0 amide bonds. The Morgan fingerprint density at radius 2 is 1.55 bits per heavy atom. The molecule has 0 saturated heterocycles. The molecule has 22 heavy (non-hydrogen) atoms. The SMILES string of the molecule is CCOP(OCC)Oc1ccccc1N=Cc1ccccc1. The first kappa shape index (κ1) is 16.6. The van der Waals surface area contributed by atoms with Crippen molar-refractivity contribution in [2.75, 3.05) is 13.2 Å². The summed E-state index contributed by atoms with van der Waals surface area (Å²) in [6.45, 7) is 4.91. The van der Waals surface area contributed by atoms with Gasteiger partial charge < -0.3 is 13.6 Å². The summed E-state index contributed by atoms with van der Waals surface area (Å²) in [5, 5.41) is 0. The number of aliphatic imine (C=N–C) groups is 1. The smallest absolute Gasteiger partial charge is 0.397 e. The van der Waals surface area contributed by atoms with Crippen molar-refractivity contribution in [2.24, 2.45) is 4.99 Å². The molecule has 0 unspecified atom stereocenters. The summed E-state index contributed by atoms with van der Waals surface area (Å²) in [5.41, 5.74) is 1.78. The van der Waals surface area contributed by atoms with Gasteiger partial charge in [-0.1, -0.05) is 42.5 Å². The normalized spacial score (nSPS) is 11.2. The third-order valence-corrected chi connectivity index (χ3v) is 3.94. The molecular formula is C17H20NO3P. The molecule has 0 bridgehead atoms. The highest BCUT2D eigenvalue weighted by atomic mass is 31.2. The van der Waals surface area contributed by atoms with Crippen molar-refractivity contribution >= 4 is 20.5 Å². The van der Waals surface area contributed by atoms with Gasteiger partial charge in [-0.05, 0) is 31.5 Å². The summed E-state index contributed by atoms with van der Waals surface area (Å²) >= 11 is 0. The van der Waals surface area contributed by atoms with Gasteiger partial charge in [0.2, 0.25) is 0 Å². The van der Waals surface area contributed by atoms with E-state index in [0.717, 1.165) is 11.3 Å². The average Bonchev–Trinajstić information content (AvgIpc) is 2.55. The van der Waals surface area contributed by atoms with E-state index in [1.807, 2.05) is 74.7 Å². The van der Waals surface area contributed by atoms with Gasteiger partial charge in [0.1, 0.15) is 5.69 Å². The van der Waals surface area contributed by atoms with Crippen molar-refractivity contribution in [1.29, 1.82) is 0 Å². The molecule has 0 aromatic heterocycles. The van der Waals surface area contributed by atoms with Gasteiger partial charge in [-0.25, -0.2) is 0 Å². The van der Waals surface area contributed by atoms with E-state index in [9.17, 15) is 0 Å². The monoisotopic (exact) mass is 317 g/mol. The van der Waals surface area contributed by atoms with Crippen LogP contribution in [0.4, 0.5) is 5.69 Å². The number of nitrogens with zero attached hydrogens (tertiary/aromatic N) is 1. The summed E-state index contributed by atoms with van der Waals surface area (Å²) in [4.78, 5) is 4.50. The van der Waals surface area contributed by atoms with Crippen molar-refractivity contribution in [2.45, 2.75) is 13.8 Å². The standard InChI is InChI=1S/C17H20NO3P/c1-3-19-22(20-4-2)21-17-13-9-8-12-16(17)18-14-15-10-6-5-7-11-15/h5-14H,3-4H2,1-2H3. The average molecular weight is 317 g/mol. The van der Waals surface area contributed by atoms with Crippen LogP contribution in [0.25, 0.3) is 0 Å². The maximum absolute atomic E-state index is 5.82. The molecule has 2 aromatic rings. The zero-order valence-electron chi connectivity index (χ0n) is 12.8. The third kappa shape index (κ3) is 5.23. The van der Waals surface area contributed by atoms with Crippen molar-refractivity contribution in [3.63, 3.8) is 0 Å².